The molecule has 2 aromatic rings. The molecule has 2 atom stereocenters. The second kappa shape index (κ2) is 6.24. The largest absolute Gasteiger partial charge is 0.347 e. The van der Waals surface area contributed by atoms with Crippen LogP contribution in [-0.2, 0) is 0 Å². The van der Waals surface area contributed by atoms with Crippen molar-refractivity contribution in [2.75, 3.05) is 0 Å². The first-order valence-electron chi connectivity index (χ1n) is 6.41. The van der Waals surface area contributed by atoms with Crippen molar-refractivity contribution in [1.82, 2.24) is 10.3 Å². The molecule has 1 amide bonds. The zero-order valence-corrected chi connectivity index (χ0v) is 14.7. The quantitative estimate of drug-likeness (QED) is 0.789. The van der Waals surface area contributed by atoms with Crippen LogP contribution >= 0.6 is 50.5 Å². The van der Waals surface area contributed by atoms with Crippen LogP contribution in [0.15, 0.2) is 27.5 Å². The van der Waals surface area contributed by atoms with Crippen LogP contribution in [0.3, 0.4) is 0 Å². The third-order valence-electron chi connectivity index (χ3n) is 3.69. The van der Waals surface area contributed by atoms with Gasteiger partial charge in [0.05, 0.1) is 5.51 Å². The fourth-order valence-corrected chi connectivity index (χ4v) is 4.05. The molecule has 110 valence electrons. The highest BCUT2D eigenvalue weighted by atomic mass is 79.9. The van der Waals surface area contributed by atoms with Crippen LogP contribution in [0.4, 0.5) is 0 Å². The first kappa shape index (κ1) is 15.3. The molecule has 0 aliphatic heterocycles. The fourth-order valence-electron chi connectivity index (χ4n) is 2.46. The summed E-state index contributed by atoms with van der Waals surface area (Å²) in [5.41, 5.74) is 3.12. The average molecular weight is 406 g/mol. The number of nitrogens with one attached hydrogen (secondary N) is 1. The lowest BCUT2D eigenvalue weighted by molar-refractivity contribution is 0.0899. The van der Waals surface area contributed by atoms with E-state index in [0.29, 0.717) is 15.7 Å². The lowest BCUT2D eigenvalue weighted by Crippen LogP contribution is -2.45. The maximum atomic E-state index is 12.2. The van der Waals surface area contributed by atoms with E-state index >= 15 is 0 Å². The van der Waals surface area contributed by atoms with E-state index in [2.05, 4.69) is 26.2 Å². The number of amides is 1. The van der Waals surface area contributed by atoms with Crippen molar-refractivity contribution in [3.05, 3.63) is 48.8 Å². The van der Waals surface area contributed by atoms with Crippen LogP contribution in [0.1, 0.15) is 34.8 Å². The molecule has 1 aromatic carbocycles. The maximum absolute atomic E-state index is 12.2. The highest BCUT2D eigenvalue weighted by Crippen LogP contribution is 2.41. The summed E-state index contributed by atoms with van der Waals surface area (Å²) in [5.74, 6) is 0.0824. The molecule has 1 saturated carbocycles. The highest BCUT2D eigenvalue weighted by molar-refractivity contribution is 9.11. The Labute approximate surface area is 144 Å². The summed E-state index contributed by atoms with van der Waals surface area (Å²) in [6, 6.07) is 5.60. The molecule has 0 bridgehead atoms. The predicted octanol–water partition coefficient (Wildman–Crippen LogP) is 4.89. The second-order valence-corrected chi connectivity index (χ2v) is 7.92. The van der Waals surface area contributed by atoms with Crippen LogP contribution in [0.2, 0.25) is 10.0 Å². The van der Waals surface area contributed by atoms with Crippen LogP contribution in [0, 0.1) is 0 Å². The Morgan fingerprint density at radius 1 is 1.38 bits per heavy atom. The van der Waals surface area contributed by atoms with E-state index in [9.17, 15) is 4.79 Å². The van der Waals surface area contributed by atoms with Crippen LogP contribution < -0.4 is 5.32 Å². The van der Waals surface area contributed by atoms with Gasteiger partial charge in [-0.05, 0) is 46.5 Å². The standard InChI is InChI=1S/C14H11BrCl2N2OS/c15-13-12(18-6-21-13)14(20)19-11-4-3-9(11)8-2-1-7(16)5-10(8)17/h1-2,5-6,9,11H,3-4H2,(H,19,20)/t9-,11-/m0/s1. The van der Waals surface area contributed by atoms with Crippen molar-refractivity contribution >= 4 is 56.4 Å². The van der Waals surface area contributed by atoms with Gasteiger partial charge in [0.25, 0.3) is 5.91 Å². The van der Waals surface area contributed by atoms with E-state index in [-0.39, 0.29) is 17.9 Å². The van der Waals surface area contributed by atoms with Crippen molar-refractivity contribution in [1.29, 1.82) is 0 Å². The van der Waals surface area contributed by atoms with Crippen molar-refractivity contribution in [3.63, 3.8) is 0 Å². The minimum absolute atomic E-state index is 0.0878. The molecular weight excluding hydrogens is 395 g/mol. The zero-order valence-electron chi connectivity index (χ0n) is 10.8. The van der Waals surface area contributed by atoms with Gasteiger partial charge >= 0.3 is 0 Å². The van der Waals surface area contributed by atoms with Crippen LogP contribution in [-0.4, -0.2) is 16.9 Å². The molecule has 3 nitrogen and oxygen atoms in total. The van der Waals surface area contributed by atoms with Crippen LogP contribution in [0.5, 0.6) is 0 Å². The number of carbonyl (C=O) groups is 1. The molecule has 1 fully saturated rings. The molecule has 0 radical (unpaired) electrons. The Morgan fingerprint density at radius 3 is 2.76 bits per heavy atom. The second-order valence-electron chi connectivity index (χ2n) is 4.90. The fraction of sp³-hybridized carbons (Fsp3) is 0.286. The molecule has 0 saturated heterocycles. The molecule has 1 aromatic heterocycles. The van der Waals surface area contributed by atoms with Crippen LogP contribution in [0.25, 0.3) is 0 Å². The number of hydrogen-bond acceptors (Lipinski definition) is 3. The van der Waals surface area contributed by atoms with Gasteiger partial charge in [-0.1, -0.05) is 29.3 Å². The van der Waals surface area contributed by atoms with Gasteiger partial charge in [0.2, 0.25) is 0 Å². The van der Waals surface area contributed by atoms with Crippen molar-refractivity contribution in [3.8, 4) is 0 Å². The van der Waals surface area contributed by atoms with E-state index in [1.807, 2.05) is 12.1 Å². The molecule has 0 unspecified atom stereocenters. The van der Waals surface area contributed by atoms with Gasteiger partial charge in [-0.15, -0.1) is 11.3 Å². The summed E-state index contributed by atoms with van der Waals surface area (Å²) in [4.78, 5) is 16.3. The van der Waals surface area contributed by atoms with Gasteiger partial charge in [0.1, 0.15) is 3.79 Å². The molecule has 1 N–H and O–H groups in total. The number of carbonyl (C=O) groups excluding carboxylic acids is 1. The lowest BCUT2D eigenvalue weighted by atomic mass is 9.75. The Hall–Kier alpha value is -0.620. The van der Waals surface area contributed by atoms with Crippen molar-refractivity contribution in [2.24, 2.45) is 0 Å². The van der Waals surface area contributed by atoms with E-state index < -0.39 is 0 Å². The third-order valence-corrected chi connectivity index (χ3v) is 5.80. The molecule has 3 rings (SSSR count). The predicted molar refractivity (Wildman–Crippen MR) is 89.5 cm³/mol. The summed E-state index contributed by atoms with van der Waals surface area (Å²) < 4.78 is 0.750. The Kier molecular flexibility index (Phi) is 4.54. The summed E-state index contributed by atoms with van der Waals surface area (Å²) in [6.07, 6.45) is 1.95. The minimum Gasteiger partial charge on any atom is -0.347 e. The smallest absolute Gasteiger partial charge is 0.272 e. The summed E-state index contributed by atoms with van der Waals surface area (Å²) in [7, 11) is 0. The molecule has 1 aliphatic carbocycles. The van der Waals surface area contributed by atoms with E-state index in [0.717, 1.165) is 22.2 Å². The van der Waals surface area contributed by atoms with Gasteiger partial charge in [-0.25, -0.2) is 4.98 Å². The number of hydrogen-bond donors (Lipinski definition) is 1. The molecular formula is C14H11BrCl2N2OS. The van der Waals surface area contributed by atoms with Gasteiger partial charge in [0.15, 0.2) is 5.69 Å². The first-order valence-corrected chi connectivity index (χ1v) is 8.84. The first-order chi connectivity index (χ1) is 10.1. The molecule has 21 heavy (non-hydrogen) atoms. The number of benzene rings is 1. The molecule has 1 aliphatic rings. The van der Waals surface area contributed by atoms with Crippen molar-refractivity contribution in [2.45, 2.75) is 24.8 Å². The Bertz CT molecular complexity index is 691. The normalized spacial score (nSPS) is 20.9. The molecule has 7 heteroatoms. The maximum Gasteiger partial charge on any atom is 0.272 e. The van der Waals surface area contributed by atoms with Gasteiger partial charge < -0.3 is 5.32 Å². The third kappa shape index (κ3) is 3.11. The van der Waals surface area contributed by atoms with E-state index in [1.165, 1.54) is 11.3 Å². The number of thiazole rings is 1. The Balaban J connectivity index is 1.73. The number of nitrogens with zero attached hydrogens (tertiary/aromatic N) is 1. The average Bonchev–Trinajstić information content (AvgIpc) is 2.84. The summed E-state index contributed by atoms with van der Waals surface area (Å²) in [5, 5.41) is 4.31. The van der Waals surface area contributed by atoms with Gasteiger partial charge in [-0.2, -0.15) is 0 Å². The number of halogens is 3. The zero-order chi connectivity index (χ0) is 15.0. The topological polar surface area (TPSA) is 42.0 Å². The SMILES string of the molecule is O=C(N[C@H]1CC[C@H]1c1ccc(Cl)cc1Cl)c1ncsc1Br. The lowest BCUT2D eigenvalue weighted by Gasteiger charge is -2.37. The van der Waals surface area contributed by atoms with Gasteiger partial charge in [-0.3, -0.25) is 4.79 Å². The number of aromatic nitrogens is 1. The van der Waals surface area contributed by atoms with Gasteiger partial charge in [0, 0.05) is 22.0 Å². The Morgan fingerprint density at radius 2 is 2.19 bits per heavy atom. The minimum atomic E-state index is -0.150. The monoisotopic (exact) mass is 404 g/mol. The molecule has 1 heterocycles. The molecule has 0 spiro atoms. The van der Waals surface area contributed by atoms with E-state index in [1.54, 1.807) is 11.6 Å². The number of rotatable bonds is 3. The summed E-state index contributed by atoms with van der Waals surface area (Å²) in [6.45, 7) is 0. The van der Waals surface area contributed by atoms with Crippen molar-refractivity contribution < 1.29 is 4.79 Å². The van der Waals surface area contributed by atoms with E-state index in [4.69, 9.17) is 23.2 Å². The summed E-state index contributed by atoms with van der Waals surface area (Å²) >= 11 is 16.9. The highest BCUT2D eigenvalue weighted by Gasteiger charge is 2.35.